The molecule has 1 fully saturated rings. The van der Waals surface area contributed by atoms with Crippen molar-refractivity contribution in [2.75, 3.05) is 13.7 Å². The van der Waals surface area contributed by atoms with Gasteiger partial charge in [-0.2, -0.15) is 0 Å². The van der Waals surface area contributed by atoms with Crippen molar-refractivity contribution in [1.29, 1.82) is 0 Å². The van der Waals surface area contributed by atoms with Gasteiger partial charge in [-0.3, -0.25) is 9.59 Å². The molecule has 0 spiro atoms. The predicted octanol–water partition coefficient (Wildman–Crippen LogP) is 1.94. The van der Waals surface area contributed by atoms with Crippen LogP contribution in [0.2, 0.25) is 0 Å². The number of hydrogen-bond acceptors (Lipinski definition) is 4. The standard InChI is InChI=1S/C19H23N3O3/c1-13-5-7-14(8-6-13)10-16-17(25-2)4-3-9-22(16)19(24)15-11-20-12-21-18(15)23/h5-8,11-12,16-17H,3-4,9-10H2,1-2H3,(H,20,21,23)/t16-,17-/m0/s1. The SMILES string of the molecule is CO[C@H]1CCCN(C(=O)c2cnc[nH]c2=O)[C@H]1Cc1ccc(C)cc1. The van der Waals surface area contributed by atoms with Crippen LogP contribution < -0.4 is 5.56 Å². The molecule has 0 saturated carbocycles. The van der Waals surface area contributed by atoms with Crippen LogP contribution in [0.25, 0.3) is 0 Å². The Hall–Kier alpha value is -2.47. The minimum atomic E-state index is -0.409. The number of aryl methyl sites for hydroxylation is 1. The summed E-state index contributed by atoms with van der Waals surface area (Å²) in [5, 5.41) is 0. The first-order valence-corrected chi connectivity index (χ1v) is 8.52. The van der Waals surface area contributed by atoms with Crippen LogP contribution in [0.15, 0.2) is 41.6 Å². The van der Waals surface area contributed by atoms with Crippen LogP contribution in [0.4, 0.5) is 0 Å². The average molecular weight is 341 g/mol. The van der Waals surface area contributed by atoms with E-state index in [-0.39, 0.29) is 23.6 Å². The lowest BCUT2D eigenvalue weighted by atomic mass is 9.92. The minimum Gasteiger partial charge on any atom is -0.379 e. The number of rotatable bonds is 4. The zero-order valence-electron chi connectivity index (χ0n) is 14.6. The lowest BCUT2D eigenvalue weighted by Crippen LogP contribution is -2.53. The Balaban J connectivity index is 1.89. The molecule has 1 saturated heterocycles. The van der Waals surface area contributed by atoms with E-state index in [9.17, 15) is 9.59 Å². The maximum absolute atomic E-state index is 12.9. The van der Waals surface area contributed by atoms with E-state index in [4.69, 9.17) is 4.74 Å². The highest BCUT2D eigenvalue weighted by molar-refractivity contribution is 5.93. The third-order valence-electron chi connectivity index (χ3n) is 4.80. The number of likely N-dealkylation sites (tertiary alicyclic amines) is 1. The third kappa shape index (κ3) is 3.79. The van der Waals surface area contributed by atoms with Crippen molar-refractivity contribution in [3.8, 4) is 0 Å². The number of ether oxygens (including phenoxy) is 1. The maximum atomic E-state index is 12.9. The molecule has 1 aliphatic heterocycles. The molecule has 1 N–H and O–H groups in total. The van der Waals surface area contributed by atoms with Crippen molar-refractivity contribution < 1.29 is 9.53 Å². The molecule has 1 aromatic heterocycles. The van der Waals surface area contributed by atoms with Gasteiger partial charge in [0.25, 0.3) is 11.5 Å². The Morgan fingerprint density at radius 3 is 2.80 bits per heavy atom. The van der Waals surface area contributed by atoms with Crippen LogP contribution in [0.3, 0.4) is 0 Å². The van der Waals surface area contributed by atoms with E-state index < -0.39 is 5.56 Å². The van der Waals surface area contributed by atoms with E-state index in [2.05, 4.69) is 34.2 Å². The maximum Gasteiger partial charge on any atom is 0.263 e. The molecule has 0 unspecified atom stereocenters. The monoisotopic (exact) mass is 341 g/mol. The summed E-state index contributed by atoms with van der Waals surface area (Å²) in [6, 6.07) is 8.19. The highest BCUT2D eigenvalue weighted by Gasteiger charge is 2.35. The number of aromatic nitrogens is 2. The van der Waals surface area contributed by atoms with E-state index >= 15 is 0 Å². The first-order valence-electron chi connectivity index (χ1n) is 8.52. The second-order valence-corrected chi connectivity index (χ2v) is 6.47. The zero-order valence-corrected chi connectivity index (χ0v) is 14.6. The van der Waals surface area contributed by atoms with Crippen molar-refractivity contribution >= 4 is 5.91 Å². The Bertz CT molecular complexity index is 785. The highest BCUT2D eigenvalue weighted by Crippen LogP contribution is 2.25. The first kappa shape index (κ1) is 17.4. The molecule has 2 atom stereocenters. The molecule has 6 heteroatoms. The van der Waals surface area contributed by atoms with E-state index in [1.165, 1.54) is 18.1 Å². The number of nitrogens with one attached hydrogen (secondary N) is 1. The molecule has 0 bridgehead atoms. The number of amides is 1. The predicted molar refractivity (Wildman–Crippen MR) is 94.6 cm³/mol. The second kappa shape index (κ2) is 7.61. The Morgan fingerprint density at radius 1 is 1.36 bits per heavy atom. The summed E-state index contributed by atoms with van der Waals surface area (Å²) in [6.07, 6.45) is 5.03. The van der Waals surface area contributed by atoms with E-state index in [1.54, 1.807) is 12.0 Å². The molecule has 25 heavy (non-hydrogen) atoms. The summed E-state index contributed by atoms with van der Waals surface area (Å²) < 4.78 is 5.65. The van der Waals surface area contributed by atoms with Gasteiger partial charge in [-0.05, 0) is 31.7 Å². The van der Waals surface area contributed by atoms with Gasteiger partial charge in [0.15, 0.2) is 0 Å². The number of H-pyrrole nitrogens is 1. The third-order valence-corrected chi connectivity index (χ3v) is 4.80. The molecular weight excluding hydrogens is 318 g/mol. The second-order valence-electron chi connectivity index (χ2n) is 6.47. The minimum absolute atomic E-state index is 0.0465. The summed E-state index contributed by atoms with van der Waals surface area (Å²) >= 11 is 0. The number of methoxy groups -OCH3 is 1. The number of carbonyl (C=O) groups excluding carboxylic acids is 1. The van der Waals surface area contributed by atoms with Crippen LogP contribution in [0.5, 0.6) is 0 Å². The molecule has 6 nitrogen and oxygen atoms in total. The van der Waals surface area contributed by atoms with Crippen LogP contribution in [-0.4, -0.2) is 46.6 Å². The highest BCUT2D eigenvalue weighted by atomic mass is 16.5. The van der Waals surface area contributed by atoms with Gasteiger partial charge in [0.05, 0.1) is 18.5 Å². The normalized spacial score (nSPS) is 20.5. The number of aromatic amines is 1. The van der Waals surface area contributed by atoms with Crippen LogP contribution in [0.1, 0.15) is 34.3 Å². The summed E-state index contributed by atoms with van der Waals surface area (Å²) in [4.78, 5) is 33.1. The number of piperidine rings is 1. The summed E-state index contributed by atoms with van der Waals surface area (Å²) in [5.74, 6) is -0.284. The van der Waals surface area contributed by atoms with Gasteiger partial charge in [-0.25, -0.2) is 4.98 Å². The van der Waals surface area contributed by atoms with Gasteiger partial charge >= 0.3 is 0 Å². The Kier molecular flexibility index (Phi) is 5.28. The van der Waals surface area contributed by atoms with Crippen LogP contribution >= 0.6 is 0 Å². The fraction of sp³-hybridized carbons (Fsp3) is 0.421. The molecule has 0 aliphatic carbocycles. The number of carbonyl (C=O) groups is 1. The van der Waals surface area contributed by atoms with Gasteiger partial charge < -0.3 is 14.6 Å². The molecule has 1 amide bonds. The van der Waals surface area contributed by atoms with Gasteiger partial charge in [-0.15, -0.1) is 0 Å². The summed E-state index contributed by atoms with van der Waals surface area (Å²) in [7, 11) is 1.68. The molecule has 1 aliphatic rings. The number of nitrogens with zero attached hydrogens (tertiary/aromatic N) is 2. The molecule has 2 heterocycles. The van der Waals surface area contributed by atoms with E-state index in [1.807, 2.05) is 6.92 Å². The fourth-order valence-electron chi connectivity index (χ4n) is 3.41. The van der Waals surface area contributed by atoms with E-state index in [0.29, 0.717) is 13.0 Å². The van der Waals surface area contributed by atoms with Gasteiger partial charge in [-0.1, -0.05) is 29.8 Å². The van der Waals surface area contributed by atoms with Gasteiger partial charge in [0, 0.05) is 19.9 Å². The van der Waals surface area contributed by atoms with Crippen molar-refractivity contribution in [1.82, 2.24) is 14.9 Å². The lowest BCUT2D eigenvalue weighted by molar-refractivity contribution is -0.0118. The van der Waals surface area contributed by atoms with Gasteiger partial charge in [0.1, 0.15) is 5.56 Å². The summed E-state index contributed by atoms with van der Waals surface area (Å²) in [6.45, 7) is 2.66. The van der Waals surface area contributed by atoms with Gasteiger partial charge in [0.2, 0.25) is 0 Å². The largest absolute Gasteiger partial charge is 0.379 e. The average Bonchev–Trinajstić information content (AvgIpc) is 2.63. The summed E-state index contributed by atoms with van der Waals surface area (Å²) in [5.41, 5.74) is 2.02. The molecule has 132 valence electrons. The first-order chi connectivity index (χ1) is 12.1. The van der Waals surface area contributed by atoms with E-state index in [0.717, 1.165) is 18.4 Å². The smallest absolute Gasteiger partial charge is 0.263 e. The van der Waals surface area contributed by atoms with Crippen molar-refractivity contribution in [3.05, 3.63) is 63.8 Å². The molecule has 3 rings (SSSR count). The molecule has 2 aromatic rings. The number of hydrogen-bond donors (Lipinski definition) is 1. The lowest BCUT2D eigenvalue weighted by Gasteiger charge is -2.40. The fourth-order valence-corrected chi connectivity index (χ4v) is 3.41. The number of benzene rings is 1. The quantitative estimate of drug-likeness (QED) is 0.922. The molecular formula is C19H23N3O3. The molecule has 1 aromatic carbocycles. The van der Waals surface area contributed by atoms with Crippen LogP contribution in [0, 0.1) is 6.92 Å². The van der Waals surface area contributed by atoms with Crippen molar-refractivity contribution in [3.63, 3.8) is 0 Å². The van der Waals surface area contributed by atoms with Crippen molar-refractivity contribution in [2.45, 2.75) is 38.3 Å². The molecule has 0 radical (unpaired) electrons. The van der Waals surface area contributed by atoms with Crippen molar-refractivity contribution in [2.24, 2.45) is 0 Å². The Morgan fingerprint density at radius 2 is 2.12 bits per heavy atom. The zero-order chi connectivity index (χ0) is 17.8. The topological polar surface area (TPSA) is 75.3 Å². The Labute approximate surface area is 146 Å². The van der Waals surface area contributed by atoms with Crippen LogP contribution in [-0.2, 0) is 11.2 Å².